The van der Waals surface area contributed by atoms with Gasteiger partial charge >= 0.3 is 6.18 Å². The van der Waals surface area contributed by atoms with Gasteiger partial charge in [-0.3, -0.25) is 4.79 Å². The number of amides is 1. The zero-order valence-corrected chi connectivity index (χ0v) is 18.3. The van der Waals surface area contributed by atoms with Gasteiger partial charge in [-0.05, 0) is 18.2 Å². The topological polar surface area (TPSA) is 79.9 Å². The predicted molar refractivity (Wildman–Crippen MR) is 115 cm³/mol. The van der Waals surface area contributed by atoms with Gasteiger partial charge in [0.05, 0.1) is 32.4 Å². The number of hydrogen-bond donors (Lipinski definition) is 1. The maximum absolute atomic E-state index is 13.1. The number of aromatic nitrogens is 2. The third-order valence-electron chi connectivity index (χ3n) is 5.64. The van der Waals surface area contributed by atoms with Crippen molar-refractivity contribution in [3.8, 4) is 17.2 Å². The van der Waals surface area contributed by atoms with Gasteiger partial charge in [-0.2, -0.15) is 13.2 Å². The third-order valence-corrected chi connectivity index (χ3v) is 5.64. The number of pyridine rings is 1. The largest absolute Gasteiger partial charge is 0.496 e. The fraction of sp³-hybridized carbons (Fsp3) is 0.364. The molecule has 8 nitrogen and oxygen atoms in total. The summed E-state index contributed by atoms with van der Waals surface area (Å²) in [5.41, 5.74) is 0.168. The van der Waals surface area contributed by atoms with E-state index in [0.717, 1.165) is 12.3 Å². The molecule has 1 saturated heterocycles. The van der Waals surface area contributed by atoms with Gasteiger partial charge in [0.25, 0.3) is 5.91 Å². The Morgan fingerprint density at radius 1 is 1.00 bits per heavy atom. The fourth-order valence-electron chi connectivity index (χ4n) is 3.90. The van der Waals surface area contributed by atoms with Gasteiger partial charge in [0.1, 0.15) is 17.3 Å². The average molecular weight is 464 g/mol. The van der Waals surface area contributed by atoms with Crippen LogP contribution >= 0.6 is 0 Å². The van der Waals surface area contributed by atoms with Crippen molar-refractivity contribution in [2.75, 3.05) is 52.4 Å². The van der Waals surface area contributed by atoms with Crippen LogP contribution in [0.4, 0.5) is 19.0 Å². The first-order valence-electron chi connectivity index (χ1n) is 10.2. The number of nitrogens with one attached hydrogen (secondary N) is 1. The highest BCUT2D eigenvalue weighted by atomic mass is 19.4. The Morgan fingerprint density at radius 2 is 1.70 bits per heavy atom. The van der Waals surface area contributed by atoms with E-state index in [4.69, 9.17) is 14.2 Å². The number of fused-ring (bicyclic) bond motifs is 1. The monoisotopic (exact) mass is 464 g/mol. The molecule has 11 heteroatoms. The molecule has 0 aliphatic carbocycles. The second-order valence-electron chi connectivity index (χ2n) is 7.47. The number of carbonyl (C=O) groups excluding carboxylic acids is 1. The molecule has 0 bridgehead atoms. The van der Waals surface area contributed by atoms with E-state index in [-0.39, 0.29) is 5.91 Å². The van der Waals surface area contributed by atoms with Crippen LogP contribution in [-0.2, 0) is 6.18 Å². The minimum Gasteiger partial charge on any atom is -0.496 e. The molecule has 1 N–H and O–H groups in total. The molecule has 0 unspecified atom stereocenters. The highest BCUT2D eigenvalue weighted by Crippen LogP contribution is 2.41. The van der Waals surface area contributed by atoms with E-state index in [9.17, 15) is 18.0 Å². The summed E-state index contributed by atoms with van der Waals surface area (Å²) in [6.45, 7) is 1.69. The molecule has 4 rings (SSSR count). The number of carbonyl (C=O) groups is 1. The van der Waals surface area contributed by atoms with Gasteiger partial charge in [0.2, 0.25) is 0 Å². The van der Waals surface area contributed by atoms with E-state index in [2.05, 4.69) is 9.97 Å². The average Bonchev–Trinajstić information content (AvgIpc) is 3.27. The number of H-pyrrole nitrogens is 1. The lowest BCUT2D eigenvalue weighted by Crippen LogP contribution is -2.49. The number of aromatic amines is 1. The molecule has 3 heterocycles. The van der Waals surface area contributed by atoms with Crippen LogP contribution in [0.5, 0.6) is 17.2 Å². The van der Waals surface area contributed by atoms with Crippen molar-refractivity contribution >= 4 is 22.6 Å². The summed E-state index contributed by atoms with van der Waals surface area (Å²) < 4.78 is 54.5. The van der Waals surface area contributed by atoms with Gasteiger partial charge in [-0.15, -0.1) is 0 Å². The molecule has 1 fully saturated rings. The van der Waals surface area contributed by atoms with Crippen LogP contribution in [0.25, 0.3) is 10.9 Å². The molecule has 3 aromatic rings. The first kappa shape index (κ1) is 22.6. The molecule has 0 radical (unpaired) electrons. The number of ether oxygens (including phenoxy) is 3. The number of piperazine rings is 1. The molecule has 0 saturated carbocycles. The Morgan fingerprint density at radius 3 is 2.24 bits per heavy atom. The fourth-order valence-corrected chi connectivity index (χ4v) is 3.90. The molecule has 0 spiro atoms. The number of rotatable bonds is 5. The van der Waals surface area contributed by atoms with Crippen molar-refractivity contribution < 1.29 is 32.2 Å². The zero-order valence-electron chi connectivity index (χ0n) is 18.3. The van der Waals surface area contributed by atoms with Crippen LogP contribution < -0.4 is 19.1 Å². The Balaban J connectivity index is 1.51. The third kappa shape index (κ3) is 4.22. The SMILES string of the molecule is COc1cc(OC)c2cc(C(=O)N3CCN(c4ccc(C(F)(F)F)cn4)CC3)[nH]c2c1OC. The zero-order chi connectivity index (χ0) is 23.8. The molecule has 1 aliphatic rings. The van der Waals surface area contributed by atoms with Crippen LogP contribution in [-0.4, -0.2) is 68.3 Å². The highest BCUT2D eigenvalue weighted by Gasteiger charge is 2.31. The van der Waals surface area contributed by atoms with Gasteiger partial charge < -0.3 is 29.0 Å². The van der Waals surface area contributed by atoms with Crippen molar-refractivity contribution in [1.82, 2.24) is 14.9 Å². The molecule has 33 heavy (non-hydrogen) atoms. The Bertz CT molecular complexity index is 1150. The van der Waals surface area contributed by atoms with Crippen molar-refractivity contribution in [2.24, 2.45) is 0 Å². The van der Waals surface area contributed by atoms with Crippen molar-refractivity contribution in [1.29, 1.82) is 0 Å². The number of benzene rings is 1. The van der Waals surface area contributed by atoms with E-state index in [1.54, 1.807) is 17.0 Å². The van der Waals surface area contributed by atoms with Gasteiger partial charge in [-0.1, -0.05) is 0 Å². The van der Waals surface area contributed by atoms with Gasteiger partial charge in [0.15, 0.2) is 11.5 Å². The molecular formula is C22H23F3N4O4. The van der Waals surface area contributed by atoms with Crippen molar-refractivity contribution in [2.45, 2.75) is 6.18 Å². The van der Waals surface area contributed by atoms with E-state index in [1.165, 1.54) is 27.4 Å². The smallest absolute Gasteiger partial charge is 0.417 e. The maximum atomic E-state index is 13.1. The van der Waals surface area contributed by atoms with E-state index < -0.39 is 11.7 Å². The van der Waals surface area contributed by atoms with E-state index >= 15 is 0 Å². The molecule has 1 aromatic carbocycles. The number of anilines is 1. The molecule has 1 amide bonds. The van der Waals surface area contributed by atoms with E-state index in [1.807, 2.05) is 4.90 Å². The van der Waals surface area contributed by atoms with Crippen LogP contribution in [0.1, 0.15) is 16.1 Å². The van der Waals surface area contributed by atoms with Crippen LogP contribution in [0.15, 0.2) is 30.5 Å². The Kier molecular flexibility index (Phi) is 5.96. The summed E-state index contributed by atoms with van der Waals surface area (Å²) in [5, 5.41) is 0.686. The van der Waals surface area contributed by atoms with Crippen LogP contribution in [0.2, 0.25) is 0 Å². The number of nitrogens with zero attached hydrogens (tertiary/aromatic N) is 3. The normalized spacial score (nSPS) is 14.5. The van der Waals surface area contributed by atoms with Crippen molar-refractivity contribution in [3.05, 3.63) is 41.7 Å². The second kappa shape index (κ2) is 8.72. The Hall–Kier alpha value is -3.63. The van der Waals surface area contributed by atoms with E-state index in [0.29, 0.717) is 65.8 Å². The molecular weight excluding hydrogens is 441 g/mol. The lowest BCUT2D eigenvalue weighted by atomic mass is 10.2. The van der Waals surface area contributed by atoms with Crippen LogP contribution in [0.3, 0.4) is 0 Å². The summed E-state index contributed by atoms with van der Waals surface area (Å²) in [7, 11) is 4.56. The summed E-state index contributed by atoms with van der Waals surface area (Å²) in [5.74, 6) is 1.72. The molecule has 2 aromatic heterocycles. The highest BCUT2D eigenvalue weighted by molar-refractivity contribution is 6.02. The standard InChI is InChI=1S/C22H23F3N4O4/c1-31-16-11-17(32-2)20(33-3)19-14(16)10-15(27-19)21(30)29-8-6-28(7-9-29)18-5-4-13(12-26-18)22(23,24)25/h4-5,10-12,27H,6-9H2,1-3H3. The summed E-state index contributed by atoms with van der Waals surface area (Å²) >= 11 is 0. The minimum atomic E-state index is -4.42. The molecule has 1 aliphatic heterocycles. The quantitative estimate of drug-likeness (QED) is 0.622. The summed E-state index contributed by atoms with van der Waals surface area (Å²) in [6, 6.07) is 5.77. The van der Waals surface area contributed by atoms with Gasteiger partial charge in [0, 0.05) is 43.8 Å². The Labute approximate surface area is 187 Å². The minimum absolute atomic E-state index is 0.200. The summed E-state index contributed by atoms with van der Waals surface area (Å²) in [6.07, 6.45) is -3.60. The number of alkyl halides is 3. The van der Waals surface area contributed by atoms with Crippen molar-refractivity contribution in [3.63, 3.8) is 0 Å². The number of methoxy groups -OCH3 is 3. The second-order valence-corrected chi connectivity index (χ2v) is 7.47. The lowest BCUT2D eigenvalue weighted by Gasteiger charge is -2.35. The lowest BCUT2D eigenvalue weighted by molar-refractivity contribution is -0.137. The summed E-state index contributed by atoms with van der Waals surface area (Å²) in [4.78, 5) is 23.7. The van der Waals surface area contributed by atoms with Crippen LogP contribution in [0, 0.1) is 0 Å². The number of hydrogen-bond acceptors (Lipinski definition) is 6. The first-order valence-corrected chi connectivity index (χ1v) is 10.2. The predicted octanol–water partition coefficient (Wildman–Crippen LogP) is 3.57. The number of halogens is 3. The molecule has 0 atom stereocenters. The first-order chi connectivity index (χ1) is 15.8. The maximum Gasteiger partial charge on any atom is 0.417 e. The molecule has 176 valence electrons. The van der Waals surface area contributed by atoms with Gasteiger partial charge in [-0.25, -0.2) is 4.98 Å².